The van der Waals surface area contributed by atoms with E-state index in [2.05, 4.69) is 20.1 Å². The van der Waals surface area contributed by atoms with E-state index in [-0.39, 0.29) is 11.0 Å². The van der Waals surface area contributed by atoms with E-state index in [9.17, 15) is 4.79 Å². The van der Waals surface area contributed by atoms with Gasteiger partial charge in [0.25, 0.3) is 5.56 Å². The van der Waals surface area contributed by atoms with Crippen LogP contribution in [0.4, 0.5) is 0 Å². The second-order valence-corrected chi connectivity index (χ2v) is 6.97. The lowest BCUT2D eigenvalue weighted by Crippen LogP contribution is -2.22. The molecule has 3 rings (SSSR count). The van der Waals surface area contributed by atoms with Crippen LogP contribution in [0.2, 0.25) is 0 Å². The second kappa shape index (κ2) is 6.16. The summed E-state index contributed by atoms with van der Waals surface area (Å²) in [7, 11) is 1.92. The molecule has 0 saturated carbocycles. The molecule has 0 unspecified atom stereocenters. The minimum atomic E-state index is -0.172. The van der Waals surface area contributed by atoms with Gasteiger partial charge in [0.15, 0.2) is 5.82 Å². The van der Waals surface area contributed by atoms with Crippen molar-refractivity contribution in [3.8, 4) is 0 Å². The maximum absolute atomic E-state index is 12.1. The molecule has 0 saturated heterocycles. The van der Waals surface area contributed by atoms with Crippen molar-refractivity contribution in [2.45, 2.75) is 39.3 Å². The van der Waals surface area contributed by atoms with Gasteiger partial charge in [0, 0.05) is 5.41 Å². The summed E-state index contributed by atoms with van der Waals surface area (Å²) in [5.74, 6) is 1.84. The molecular formula is C17H21N5O2. The van der Waals surface area contributed by atoms with Gasteiger partial charge < -0.3 is 9.51 Å². The molecule has 3 aromatic rings. The van der Waals surface area contributed by atoms with Crippen LogP contribution in [0.25, 0.3) is 10.9 Å². The lowest BCUT2D eigenvalue weighted by molar-refractivity contribution is 0.287. The summed E-state index contributed by atoms with van der Waals surface area (Å²) in [5.41, 5.74) is 0.396. The number of aromatic amines is 1. The van der Waals surface area contributed by atoms with Gasteiger partial charge in [-0.3, -0.25) is 9.69 Å². The Labute approximate surface area is 139 Å². The first-order valence-electron chi connectivity index (χ1n) is 7.82. The number of nitrogens with one attached hydrogen (secondary N) is 1. The maximum Gasteiger partial charge on any atom is 0.258 e. The van der Waals surface area contributed by atoms with E-state index < -0.39 is 0 Å². The molecule has 2 aromatic heterocycles. The van der Waals surface area contributed by atoms with Crippen LogP contribution in [-0.2, 0) is 18.5 Å². The maximum atomic E-state index is 12.1. The van der Waals surface area contributed by atoms with Crippen molar-refractivity contribution in [1.82, 2.24) is 25.0 Å². The summed E-state index contributed by atoms with van der Waals surface area (Å²) in [6.07, 6.45) is 0. The highest BCUT2D eigenvalue weighted by Gasteiger charge is 2.22. The van der Waals surface area contributed by atoms with Crippen molar-refractivity contribution < 1.29 is 4.52 Å². The number of hydrogen-bond acceptors (Lipinski definition) is 6. The number of H-pyrrole nitrogens is 1. The van der Waals surface area contributed by atoms with E-state index in [0.29, 0.717) is 41.5 Å². The minimum absolute atomic E-state index is 0.126. The quantitative estimate of drug-likeness (QED) is 0.790. The largest absolute Gasteiger partial charge is 0.339 e. The molecule has 0 atom stereocenters. The van der Waals surface area contributed by atoms with Crippen LogP contribution < -0.4 is 5.56 Å². The third kappa shape index (κ3) is 3.51. The second-order valence-electron chi connectivity index (χ2n) is 6.97. The molecule has 0 aliphatic carbocycles. The number of nitrogens with zero attached hydrogens (tertiary/aromatic N) is 4. The van der Waals surface area contributed by atoms with E-state index in [1.807, 2.05) is 50.9 Å². The highest BCUT2D eigenvalue weighted by molar-refractivity contribution is 5.77. The molecule has 24 heavy (non-hydrogen) atoms. The van der Waals surface area contributed by atoms with Crippen molar-refractivity contribution >= 4 is 10.9 Å². The number of para-hydroxylation sites is 1. The average Bonchev–Trinajstić information content (AvgIpc) is 2.95. The van der Waals surface area contributed by atoms with Gasteiger partial charge in [0.1, 0.15) is 5.82 Å². The van der Waals surface area contributed by atoms with Gasteiger partial charge in [0.2, 0.25) is 5.89 Å². The van der Waals surface area contributed by atoms with E-state index in [1.54, 1.807) is 6.07 Å². The molecule has 7 nitrogen and oxygen atoms in total. The van der Waals surface area contributed by atoms with E-state index >= 15 is 0 Å². The lowest BCUT2D eigenvalue weighted by atomic mass is 9.97. The van der Waals surface area contributed by atoms with E-state index in [4.69, 9.17) is 4.52 Å². The van der Waals surface area contributed by atoms with Crippen molar-refractivity contribution in [3.05, 3.63) is 52.2 Å². The fourth-order valence-corrected chi connectivity index (χ4v) is 2.39. The predicted octanol–water partition coefficient (Wildman–Crippen LogP) is 2.24. The van der Waals surface area contributed by atoms with Crippen molar-refractivity contribution in [1.29, 1.82) is 0 Å². The Balaban J connectivity index is 1.74. The lowest BCUT2D eigenvalue weighted by Gasteiger charge is -2.14. The molecule has 0 aliphatic rings. The predicted molar refractivity (Wildman–Crippen MR) is 90.5 cm³/mol. The van der Waals surface area contributed by atoms with Crippen LogP contribution in [0.3, 0.4) is 0 Å². The molecular weight excluding hydrogens is 306 g/mol. The fraction of sp³-hybridized carbons (Fsp3) is 0.412. The van der Waals surface area contributed by atoms with Crippen LogP contribution in [0.1, 0.15) is 38.3 Å². The van der Waals surface area contributed by atoms with Crippen LogP contribution in [0, 0.1) is 0 Å². The number of hydrogen-bond donors (Lipinski definition) is 1. The Bertz CT molecular complexity index is 907. The molecule has 1 aromatic carbocycles. The number of benzene rings is 1. The smallest absolute Gasteiger partial charge is 0.258 e. The van der Waals surface area contributed by atoms with Gasteiger partial charge in [-0.25, -0.2) is 4.98 Å². The van der Waals surface area contributed by atoms with Gasteiger partial charge >= 0.3 is 0 Å². The minimum Gasteiger partial charge on any atom is -0.339 e. The topological polar surface area (TPSA) is 87.9 Å². The molecule has 0 aliphatic heterocycles. The zero-order valence-corrected chi connectivity index (χ0v) is 14.3. The molecule has 0 fully saturated rings. The van der Waals surface area contributed by atoms with Crippen LogP contribution in [0.5, 0.6) is 0 Å². The van der Waals surface area contributed by atoms with E-state index in [1.165, 1.54) is 0 Å². The highest BCUT2D eigenvalue weighted by atomic mass is 16.5. The summed E-state index contributed by atoms with van der Waals surface area (Å²) in [6.45, 7) is 7.07. The summed E-state index contributed by atoms with van der Waals surface area (Å²) in [4.78, 5) is 25.8. The van der Waals surface area contributed by atoms with Gasteiger partial charge in [-0.1, -0.05) is 38.1 Å². The van der Waals surface area contributed by atoms with Crippen molar-refractivity contribution in [3.63, 3.8) is 0 Å². The number of rotatable bonds is 4. The van der Waals surface area contributed by atoms with Gasteiger partial charge in [-0.15, -0.1) is 0 Å². The first kappa shape index (κ1) is 16.3. The normalized spacial score (nSPS) is 12.2. The standard InChI is InChI=1S/C17H21N5O2/c1-17(2,3)16-20-14(21-24-16)10-22(4)9-13-18-12-8-6-5-7-11(12)15(23)19-13/h5-8H,9-10H2,1-4H3,(H,18,19,23). The van der Waals surface area contributed by atoms with Crippen LogP contribution in [0.15, 0.2) is 33.6 Å². The molecule has 126 valence electrons. The molecule has 0 amide bonds. The van der Waals surface area contributed by atoms with Crippen molar-refractivity contribution in [2.75, 3.05) is 7.05 Å². The Kier molecular flexibility index (Phi) is 4.19. The van der Waals surface area contributed by atoms with Crippen LogP contribution >= 0.6 is 0 Å². The zero-order chi connectivity index (χ0) is 17.3. The molecule has 0 radical (unpaired) electrons. The Morgan fingerprint density at radius 1 is 1.17 bits per heavy atom. The summed E-state index contributed by atoms with van der Waals surface area (Å²) < 4.78 is 5.30. The highest BCUT2D eigenvalue weighted by Crippen LogP contribution is 2.20. The summed E-state index contributed by atoms with van der Waals surface area (Å²) in [5, 5.41) is 4.61. The summed E-state index contributed by atoms with van der Waals surface area (Å²) in [6, 6.07) is 7.30. The number of aromatic nitrogens is 4. The summed E-state index contributed by atoms with van der Waals surface area (Å²) >= 11 is 0. The first-order valence-corrected chi connectivity index (χ1v) is 7.82. The van der Waals surface area contributed by atoms with Crippen molar-refractivity contribution in [2.24, 2.45) is 0 Å². The van der Waals surface area contributed by atoms with Gasteiger partial charge in [-0.2, -0.15) is 4.98 Å². The van der Waals surface area contributed by atoms with E-state index in [0.717, 1.165) is 0 Å². The first-order chi connectivity index (χ1) is 11.3. The average molecular weight is 327 g/mol. The van der Waals surface area contributed by atoms with Gasteiger partial charge in [0.05, 0.1) is 24.0 Å². The Morgan fingerprint density at radius 2 is 1.92 bits per heavy atom. The third-order valence-corrected chi connectivity index (χ3v) is 3.60. The Hall–Kier alpha value is -2.54. The number of fused-ring (bicyclic) bond motifs is 1. The Morgan fingerprint density at radius 3 is 2.62 bits per heavy atom. The fourth-order valence-electron chi connectivity index (χ4n) is 2.39. The zero-order valence-electron chi connectivity index (χ0n) is 14.3. The third-order valence-electron chi connectivity index (χ3n) is 3.60. The molecule has 1 N–H and O–H groups in total. The van der Waals surface area contributed by atoms with Crippen LogP contribution in [-0.4, -0.2) is 32.1 Å². The monoisotopic (exact) mass is 327 g/mol. The molecule has 0 spiro atoms. The molecule has 7 heteroatoms. The SMILES string of the molecule is CN(Cc1noc(C(C)(C)C)n1)Cc1nc2ccccc2c(=O)[nH]1. The van der Waals surface area contributed by atoms with Gasteiger partial charge in [-0.05, 0) is 19.2 Å². The molecule has 2 heterocycles. The molecule has 0 bridgehead atoms.